The van der Waals surface area contributed by atoms with Crippen molar-refractivity contribution in [3.63, 3.8) is 0 Å². The summed E-state index contributed by atoms with van der Waals surface area (Å²) in [5.74, 6) is 0.0901. The lowest BCUT2D eigenvalue weighted by atomic mass is 9.67. The van der Waals surface area contributed by atoms with E-state index in [2.05, 4.69) is 10.0 Å². The Labute approximate surface area is 170 Å². The predicted octanol–water partition coefficient (Wildman–Crippen LogP) is 3.82. The minimum absolute atomic E-state index is 0.0160. The van der Waals surface area contributed by atoms with Crippen LogP contribution in [0.2, 0.25) is 0 Å². The summed E-state index contributed by atoms with van der Waals surface area (Å²) in [7, 11) is -3.70. The van der Waals surface area contributed by atoms with Crippen LogP contribution in [0, 0.1) is 17.8 Å². The molecule has 0 saturated heterocycles. The van der Waals surface area contributed by atoms with Gasteiger partial charge in [-0.3, -0.25) is 14.3 Å². The molecule has 3 atom stereocenters. The molecule has 2 saturated carbocycles. The van der Waals surface area contributed by atoms with Gasteiger partial charge in [0.05, 0.1) is 10.6 Å². The Hall–Kier alpha value is -2.67. The summed E-state index contributed by atoms with van der Waals surface area (Å²) in [6.07, 6.45) is 4.06. The van der Waals surface area contributed by atoms with Gasteiger partial charge >= 0.3 is 0 Å². The smallest absolute Gasteiger partial charge is 0.261 e. The van der Waals surface area contributed by atoms with Gasteiger partial charge in [0.2, 0.25) is 5.91 Å². The summed E-state index contributed by atoms with van der Waals surface area (Å²) in [6.45, 7) is 0. The zero-order valence-corrected chi connectivity index (χ0v) is 16.8. The molecule has 0 aromatic heterocycles. The number of ketones is 1. The number of amides is 1. The summed E-state index contributed by atoms with van der Waals surface area (Å²) in [5, 5.41) is 2.90. The average molecular weight is 413 g/mol. The molecule has 0 radical (unpaired) electrons. The third-order valence-electron chi connectivity index (χ3n) is 5.85. The maximum Gasteiger partial charge on any atom is 0.261 e. The normalized spacial score (nSPS) is 24.0. The largest absolute Gasteiger partial charge is 0.326 e. The number of hydrogen-bond acceptors (Lipinski definition) is 4. The van der Waals surface area contributed by atoms with Gasteiger partial charge in [0, 0.05) is 23.4 Å². The van der Waals surface area contributed by atoms with Gasteiger partial charge in [-0.15, -0.1) is 0 Å². The number of fused-ring (bicyclic) bond motifs is 2. The molecule has 2 aromatic rings. The number of carbonyl (C=O) groups is 2. The van der Waals surface area contributed by atoms with E-state index in [1.807, 2.05) is 0 Å². The molecule has 152 valence electrons. The van der Waals surface area contributed by atoms with E-state index in [-0.39, 0.29) is 28.6 Å². The fourth-order valence-electron chi connectivity index (χ4n) is 4.41. The van der Waals surface area contributed by atoms with Crippen LogP contribution in [0.1, 0.15) is 32.1 Å². The lowest BCUT2D eigenvalue weighted by Gasteiger charge is -2.36. The van der Waals surface area contributed by atoms with E-state index in [9.17, 15) is 18.0 Å². The number of benzene rings is 2. The van der Waals surface area contributed by atoms with Gasteiger partial charge in [-0.25, -0.2) is 8.42 Å². The van der Waals surface area contributed by atoms with Crippen LogP contribution in [0.5, 0.6) is 0 Å². The summed E-state index contributed by atoms with van der Waals surface area (Å²) < 4.78 is 27.5. The van der Waals surface area contributed by atoms with Crippen LogP contribution in [0.15, 0.2) is 59.5 Å². The number of Topliss-reactive ketones (excluding diaryl/α,β-unsaturated/α-hetero) is 1. The molecule has 2 aromatic carbocycles. The molecular weight excluding hydrogens is 388 g/mol. The van der Waals surface area contributed by atoms with Gasteiger partial charge in [0.25, 0.3) is 10.0 Å². The Bertz CT molecular complexity index is 1000. The molecule has 6 nitrogen and oxygen atoms in total. The van der Waals surface area contributed by atoms with Crippen molar-refractivity contribution in [2.45, 2.75) is 37.0 Å². The Morgan fingerprint density at radius 3 is 2.24 bits per heavy atom. The van der Waals surface area contributed by atoms with Crippen molar-refractivity contribution < 1.29 is 18.0 Å². The van der Waals surface area contributed by atoms with Crippen LogP contribution in [0.3, 0.4) is 0 Å². The lowest BCUT2D eigenvalue weighted by molar-refractivity contribution is -0.136. The van der Waals surface area contributed by atoms with Crippen molar-refractivity contribution in [2.75, 3.05) is 10.0 Å². The van der Waals surface area contributed by atoms with Crippen molar-refractivity contribution >= 4 is 33.1 Å². The van der Waals surface area contributed by atoms with Gasteiger partial charge < -0.3 is 5.32 Å². The molecule has 2 aliphatic carbocycles. The molecule has 0 aliphatic heterocycles. The summed E-state index contributed by atoms with van der Waals surface area (Å²) in [6, 6.07) is 14.8. The molecule has 2 bridgehead atoms. The van der Waals surface area contributed by atoms with Gasteiger partial charge in [-0.2, -0.15) is 0 Å². The second-order valence-electron chi connectivity index (χ2n) is 7.88. The van der Waals surface area contributed by atoms with Gasteiger partial charge in [-0.05, 0) is 56.0 Å². The second kappa shape index (κ2) is 7.99. The minimum Gasteiger partial charge on any atom is -0.326 e. The third kappa shape index (κ3) is 4.34. The van der Waals surface area contributed by atoms with Crippen molar-refractivity contribution in [1.82, 2.24) is 0 Å². The van der Waals surface area contributed by atoms with Crippen molar-refractivity contribution in [3.8, 4) is 0 Å². The first-order valence-corrected chi connectivity index (χ1v) is 11.4. The number of rotatable bonds is 5. The minimum atomic E-state index is -3.70. The third-order valence-corrected chi connectivity index (χ3v) is 7.25. The molecular formula is C22H24N2O4S. The fraction of sp³-hybridized carbons (Fsp3) is 0.364. The van der Waals surface area contributed by atoms with E-state index in [1.54, 1.807) is 42.5 Å². The van der Waals surface area contributed by atoms with Crippen LogP contribution in [-0.4, -0.2) is 20.1 Å². The maximum atomic E-state index is 12.8. The van der Waals surface area contributed by atoms with E-state index in [0.717, 1.165) is 19.3 Å². The molecule has 29 heavy (non-hydrogen) atoms. The van der Waals surface area contributed by atoms with E-state index < -0.39 is 10.0 Å². The van der Waals surface area contributed by atoms with Crippen molar-refractivity contribution in [3.05, 3.63) is 54.6 Å². The monoisotopic (exact) mass is 412 g/mol. The first kappa shape index (κ1) is 19.6. The highest BCUT2D eigenvalue weighted by Crippen LogP contribution is 2.40. The molecule has 2 fully saturated rings. The lowest BCUT2D eigenvalue weighted by Crippen LogP contribution is -2.40. The van der Waals surface area contributed by atoms with Crippen molar-refractivity contribution in [1.29, 1.82) is 0 Å². The number of carbonyl (C=O) groups excluding carboxylic acids is 2. The number of anilines is 2. The Kier molecular flexibility index (Phi) is 5.41. The predicted molar refractivity (Wildman–Crippen MR) is 111 cm³/mol. The average Bonchev–Trinajstić information content (AvgIpc) is 2.68. The van der Waals surface area contributed by atoms with Crippen LogP contribution < -0.4 is 10.0 Å². The molecule has 0 heterocycles. The zero-order valence-electron chi connectivity index (χ0n) is 16.0. The first-order chi connectivity index (χ1) is 13.9. The van der Waals surface area contributed by atoms with Gasteiger partial charge in [0.15, 0.2) is 0 Å². The Balaban J connectivity index is 1.44. The van der Waals surface area contributed by atoms with Gasteiger partial charge in [-0.1, -0.05) is 30.7 Å². The van der Waals surface area contributed by atoms with E-state index in [4.69, 9.17) is 0 Å². The molecule has 2 N–H and O–H groups in total. The highest BCUT2D eigenvalue weighted by molar-refractivity contribution is 7.92. The van der Waals surface area contributed by atoms with Crippen molar-refractivity contribution in [2.24, 2.45) is 17.8 Å². The first-order valence-electron chi connectivity index (χ1n) is 9.95. The maximum absolute atomic E-state index is 12.8. The number of nitrogens with one attached hydrogen (secondary N) is 2. The molecule has 2 aliphatic rings. The molecule has 1 unspecified atom stereocenters. The van der Waals surface area contributed by atoms with E-state index in [0.29, 0.717) is 30.0 Å². The standard InChI is InChI=1S/C22H24N2O4S/c25-21-15-6-4-7-16(21)13-17(12-15)22(26)23-18-8-5-9-19(14-18)24-29(27,28)20-10-2-1-3-11-20/h1-3,5,8-11,14-17,24H,4,6-7,12-13H2,(H,23,26)/t15-,16+,17?. The van der Waals surface area contributed by atoms with Crippen LogP contribution in [0.25, 0.3) is 0 Å². The van der Waals surface area contributed by atoms with E-state index in [1.165, 1.54) is 12.1 Å². The second-order valence-corrected chi connectivity index (χ2v) is 9.57. The zero-order chi connectivity index (χ0) is 20.4. The van der Waals surface area contributed by atoms with Crippen LogP contribution >= 0.6 is 0 Å². The quantitative estimate of drug-likeness (QED) is 0.781. The molecule has 1 amide bonds. The summed E-state index contributed by atoms with van der Waals surface area (Å²) >= 11 is 0. The topological polar surface area (TPSA) is 92.3 Å². The highest BCUT2D eigenvalue weighted by atomic mass is 32.2. The highest BCUT2D eigenvalue weighted by Gasteiger charge is 2.41. The SMILES string of the molecule is O=C(Nc1cccc(NS(=O)(=O)c2ccccc2)c1)C1C[C@H]2CCC[C@@H](C1)C2=O. The van der Waals surface area contributed by atoms with E-state index >= 15 is 0 Å². The van der Waals surface area contributed by atoms with Gasteiger partial charge in [0.1, 0.15) is 5.78 Å². The summed E-state index contributed by atoms with van der Waals surface area (Å²) in [5.41, 5.74) is 0.910. The summed E-state index contributed by atoms with van der Waals surface area (Å²) in [4.78, 5) is 25.2. The number of hydrogen-bond donors (Lipinski definition) is 2. The molecule has 7 heteroatoms. The molecule has 4 rings (SSSR count). The fourth-order valence-corrected chi connectivity index (χ4v) is 5.48. The number of sulfonamides is 1. The molecule has 0 spiro atoms. The van der Waals surface area contributed by atoms with Crippen LogP contribution in [-0.2, 0) is 19.6 Å². The Morgan fingerprint density at radius 1 is 0.897 bits per heavy atom. The Morgan fingerprint density at radius 2 is 1.55 bits per heavy atom. The van der Waals surface area contributed by atoms with Crippen LogP contribution in [0.4, 0.5) is 11.4 Å².